The van der Waals surface area contributed by atoms with Crippen molar-refractivity contribution in [2.75, 3.05) is 11.4 Å². The molecule has 0 fully saturated rings. The Morgan fingerprint density at radius 2 is 1.71 bits per heavy atom. The van der Waals surface area contributed by atoms with Crippen LogP contribution in [0.5, 0.6) is 0 Å². The van der Waals surface area contributed by atoms with Gasteiger partial charge in [-0.15, -0.1) is 0 Å². The number of nitrogens with one attached hydrogen (secondary N) is 2. The molecular weight excluding hydrogens is 472 g/mol. The van der Waals surface area contributed by atoms with Gasteiger partial charge in [0.1, 0.15) is 5.82 Å². The molecule has 1 amide bonds. The van der Waals surface area contributed by atoms with E-state index in [0.717, 1.165) is 11.0 Å². The summed E-state index contributed by atoms with van der Waals surface area (Å²) < 4.78 is 27.6. The second-order valence-corrected chi connectivity index (χ2v) is 10.7. The number of nitrogens with zero attached hydrogens (tertiary/aromatic N) is 2. The van der Waals surface area contributed by atoms with Crippen LogP contribution in [-0.2, 0) is 10.0 Å². The molecule has 0 saturated heterocycles. The van der Waals surface area contributed by atoms with Crippen LogP contribution in [-0.4, -0.2) is 31.3 Å². The van der Waals surface area contributed by atoms with Crippen LogP contribution in [0.3, 0.4) is 0 Å². The Morgan fingerprint density at radius 1 is 1.03 bits per heavy atom. The summed E-state index contributed by atoms with van der Waals surface area (Å²) >= 11 is 6.32. The maximum Gasteiger partial charge on any atom is 0.264 e. The number of para-hydroxylation sites is 3. The lowest BCUT2D eigenvalue weighted by Gasteiger charge is -2.22. The maximum absolute atomic E-state index is 13.2. The fourth-order valence-electron chi connectivity index (χ4n) is 3.66. The molecule has 7 nitrogen and oxygen atoms in total. The molecule has 176 valence electrons. The number of hydrogen-bond acceptors (Lipinski definition) is 4. The SMILES string of the molecule is CC(C)C(NC(=O)c1cc(S(=O)(=O)N(C)c2ccccc2)ccc1Cl)c1nc2ccccc2[nH]1. The van der Waals surface area contributed by atoms with Crippen molar-refractivity contribution in [2.24, 2.45) is 5.92 Å². The molecule has 0 aliphatic carbocycles. The number of aromatic amines is 1. The molecule has 0 aliphatic rings. The van der Waals surface area contributed by atoms with Crippen LogP contribution >= 0.6 is 11.6 Å². The number of sulfonamides is 1. The van der Waals surface area contributed by atoms with Crippen molar-refractivity contribution in [3.05, 3.63) is 89.2 Å². The number of amides is 1. The molecule has 0 saturated carbocycles. The van der Waals surface area contributed by atoms with Crippen molar-refractivity contribution in [1.29, 1.82) is 0 Å². The molecule has 2 N–H and O–H groups in total. The predicted molar refractivity (Wildman–Crippen MR) is 135 cm³/mol. The Labute approximate surface area is 203 Å². The zero-order chi connectivity index (χ0) is 24.5. The lowest BCUT2D eigenvalue weighted by Crippen LogP contribution is -2.33. The highest BCUT2D eigenvalue weighted by Gasteiger charge is 2.26. The van der Waals surface area contributed by atoms with E-state index in [-0.39, 0.29) is 21.4 Å². The zero-order valence-electron chi connectivity index (χ0n) is 19.0. The molecule has 4 aromatic rings. The van der Waals surface area contributed by atoms with Crippen LogP contribution in [0.1, 0.15) is 36.1 Å². The maximum atomic E-state index is 13.2. The first kappa shape index (κ1) is 23.8. The van der Waals surface area contributed by atoms with E-state index in [0.29, 0.717) is 11.5 Å². The first-order chi connectivity index (χ1) is 16.2. The molecule has 1 aromatic heterocycles. The predicted octanol–water partition coefficient (Wildman–Crippen LogP) is 5.17. The average molecular weight is 497 g/mol. The van der Waals surface area contributed by atoms with Crippen molar-refractivity contribution in [2.45, 2.75) is 24.8 Å². The third kappa shape index (κ3) is 4.64. The summed E-state index contributed by atoms with van der Waals surface area (Å²) in [5, 5.41) is 3.12. The topological polar surface area (TPSA) is 95.2 Å². The van der Waals surface area contributed by atoms with Crippen LogP contribution in [0, 0.1) is 5.92 Å². The van der Waals surface area contributed by atoms with E-state index in [1.165, 1.54) is 29.6 Å². The smallest absolute Gasteiger partial charge is 0.264 e. The number of benzene rings is 3. The zero-order valence-corrected chi connectivity index (χ0v) is 20.6. The molecular formula is C25H25ClN4O3S. The molecule has 0 aliphatic heterocycles. The van der Waals surface area contributed by atoms with Crippen LogP contribution in [0.4, 0.5) is 5.69 Å². The molecule has 34 heavy (non-hydrogen) atoms. The van der Waals surface area contributed by atoms with E-state index >= 15 is 0 Å². The summed E-state index contributed by atoms with van der Waals surface area (Å²) in [6.07, 6.45) is 0. The third-order valence-electron chi connectivity index (χ3n) is 5.62. The standard InChI is InChI=1S/C25H25ClN4O3S/c1-16(2)23(24-27-21-11-7-8-12-22(21)28-24)29-25(31)19-15-18(13-14-20(19)26)34(32,33)30(3)17-9-5-4-6-10-17/h4-16,23H,1-3H3,(H,27,28)(H,29,31). The second kappa shape index (κ2) is 9.48. The van der Waals surface area contributed by atoms with E-state index in [1.807, 2.05) is 44.2 Å². The van der Waals surface area contributed by atoms with Gasteiger partial charge < -0.3 is 10.3 Å². The summed E-state index contributed by atoms with van der Waals surface area (Å²) in [6.45, 7) is 3.94. The Hall–Kier alpha value is -3.36. The van der Waals surface area contributed by atoms with Gasteiger partial charge in [-0.25, -0.2) is 13.4 Å². The number of carbonyl (C=O) groups excluding carboxylic acids is 1. The van der Waals surface area contributed by atoms with Gasteiger partial charge in [-0.1, -0.05) is 55.8 Å². The van der Waals surface area contributed by atoms with Crippen LogP contribution < -0.4 is 9.62 Å². The van der Waals surface area contributed by atoms with Crippen molar-refractivity contribution < 1.29 is 13.2 Å². The molecule has 3 aromatic carbocycles. The van der Waals surface area contributed by atoms with Crippen LogP contribution in [0.2, 0.25) is 5.02 Å². The number of rotatable bonds is 7. The molecule has 9 heteroatoms. The van der Waals surface area contributed by atoms with Gasteiger partial charge in [0.05, 0.1) is 38.2 Å². The summed E-state index contributed by atoms with van der Waals surface area (Å²) in [4.78, 5) is 21.1. The number of fused-ring (bicyclic) bond motifs is 1. The average Bonchev–Trinajstić information content (AvgIpc) is 3.26. The Balaban J connectivity index is 1.64. The van der Waals surface area contributed by atoms with Gasteiger partial charge in [-0.05, 0) is 48.4 Å². The van der Waals surface area contributed by atoms with Crippen molar-refractivity contribution in [3.63, 3.8) is 0 Å². The summed E-state index contributed by atoms with van der Waals surface area (Å²) in [5.41, 5.74) is 2.25. The molecule has 1 unspecified atom stereocenters. The first-order valence-electron chi connectivity index (χ1n) is 10.8. The molecule has 0 radical (unpaired) electrons. The number of anilines is 1. The van der Waals surface area contributed by atoms with Crippen LogP contribution in [0.15, 0.2) is 77.7 Å². The number of carbonyl (C=O) groups is 1. The molecule has 4 rings (SSSR count). The number of H-pyrrole nitrogens is 1. The molecule has 1 atom stereocenters. The van der Waals surface area contributed by atoms with Crippen molar-refractivity contribution in [3.8, 4) is 0 Å². The fourth-order valence-corrected chi connectivity index (χ4v) is 5.09. The van der Waals surface area contributed by atoms with Gasteiger partial charge in [-0.3, -0.25) is 9.10 Å². The lowest BCUT2D eigenvalue weighted by molar-refractivity contribution is 0.0923. The van der Waals surface area contributed by atoms with Gasteiger partial charge in [0, 0.05) is 7.05 Å². The molecule has 0 bridgehead atoms. The van der Waals surface area contributed by atoms with Crippen molar-refractivity contribution in [1.82, 2.24) is 15.3 Å². The molecule has 1 heterocycles. The minimum absolute atomic E-state index is 0.0133. The number of imidazole rings is 1. The highest BCUT2D eigenvalue weighted by molar-refractivity contribution is 7.92. The number of hydrogen-bond donors (Lipinski definition) is 2. The highest BCUT2D eigenvalue weighted by Crippen LogP contribution is 2.27. The molecule has 0 spiro atoms. The summed E-state index contributed by atoms with van der Waals surface area (Å²) in [5.74, 6) is 0.149. The van der Waals surface area contributed by atoms with Gasteiger partial charge in [-0.2, -0.15) is 0 Å². The fraction of sp³-hybridized carbons (Fsp3) is 0.200. The monoisotopic (exact) mass is 496 g/mol. The normalized spacial score (nSPS) is 12.6. The van der Waals surface area contributed by atoms with Gasteiger partial charge in [0.25, 0.3) is 15.9 Å². The summed E-state index contributed by atoms with van der Waals surface area (Å²) in [6, 6.07) is 20.0. The minimum atomic E-state index is -3.90. The lowest BCUT2D eigenvalue weighted by atomic mass is 10.0. The van der Waals surface area contributed by atoms with Gasteiger partial charge in [0.2, 0.25) is 0 Å². The van der Waals surface area contributed by atoms with E-state index in [4.69, 9.17) is 11.6 Å². The summed E-state index contributed by atoms with van der Waals surface area (Å²) in [7, 11) is -2.44. The largest absolute Gasteiger partial charge is 0.342 e. The second-order valence-electron chi connectivity index (χ2n) is 8.28. The minimum Gasteiger partial charge on any atom is -0.342 e. The van der Waals surface area contributed by atoms with Gasteiger partial charge >= 0.3 is 0 Å². The van der Waals surface area contributed by atoms with E-state index < -0.39 is 22.0 Å². The van der Waals surface area contributed by atoms with Crippen LogP contribution in [0.25, 0.3) is 11.0 Å². The Morgan fingerprint density at radius 3 is 2.38 bits per heavy atom. The Kier molecular flexibility index (Phi) is 6.63. The van der Waals surface area contributed by atoms with Gasteiger partial charge in [0.15, 0.2) is 0 Å². The number of aromatic nitrogens is 2. The third-order valence-corrected chi connectivity index (χ3v) is 7.73. The van der Waals surface area contributed by atoms with E-state index in [9.17, 15) is 13.2 Å². The van der Waals surface area contributed by atoms with E-state index in [2.05, 4.69) is 15.3 Å². The number of halogens is 1. The van der Waals surface area contributed by atoms with Crippen molar-refractivity contribution >= 4 is 44.3 Å². The quantitative estimate of drug-likeness (QED) is 0.369. The first-order valence-corrected chi connectivity index (χ1v) is 12.6. The van der Waals surface area contributed by atoms with E-state index in [1.54, 1.807) is 24.3 Å². The Bertz CT molecular complexity index is 1400. The highest BCUT2D eigenvalue weighted by atomic mass is 35.5.